The Morgan fingerprint density at radius 2 is 1.90 bits per heavy atom. The Bertz CT molecular complexity index is 1480. The van der Waals surface area contributed by atoms with E-state index in [4.69, 9.17) is 7.85 Å². The molecule has 3 saturated heterocycles. The van der Waals surface area contributed by atoms with E-state index >= 15 is 0 Å². The molecule has 0 aliphatic carbocycles. The zero-order valence-corrected chi connectivity index (χ0v) is 21.9. The fourth-order valence-corrected chi connectivity index (χ4v) is 7.20. The van der Waals surface area contributed by atoms with E-state index in [0.29, 0.717) is 49.5 Å². The van der Waals surface area contributed by atoms with Crippen molar-refractivity contribution in [3.63, 3.8) is 0 Å². The van der Waals surface area contributed by atoms with E-state index in [1.807, 2.05) is 40.1 Å². The van der Waals surface area contributed by atoms with Gasteiger partial charge in [0, 0.05) is 55.4 Å². The molecule has 9 nitrogen and oxygen atoms in total. The highest BCUT2D eigenvalue weighted by Gasteiger charge is 2.53. The second-order valence-corrected chi connectivity index (χ2v) is 11.4. The number of nitrogens with one attached hydrogen (secondary N) is 1. The number of aromatic nitrogens is 2. The molecular formula is C29H31BN6O3. The van der Waals surface area contributed by atoms with Gasteiger partial charge in [0.15, 0.2) is 0 Å². The Kier molecular flexibility index (Phi) is 5.77. The number of piperazine rings is 1. The maximum absolute atomic E-state index is 14.1. The molecule has 2 radical (unpaired) electrons. The number of piperidine rings is 1. The van der Waals surface area contributed by atoms with Gasteiger partial charge in [0.1, 0.15) is 14.4 Å². The lowest BCUT2D eigenvalue weighted by Crippen LogP contribution is -2.55. The molecule has 1 N–H and O–H groups in total. The van der Waals surface area contributed by atoms with Crippen LogP contribution in [0.1, 0.15) is 41.6 Å². The molecule has 0 bridgehead atoms. The summed E-state index contributed by atoms with van der Waals surface area (Å²) >= 11 is 0. The van der Waals surface area contributed by atoms with E-state index < -0.39 is 5.41 Å². The number of nitrogens with zero attached hydrogens (tertiary/aromatic N) is 5. The van der Waals surface area contributed by atoms with Crippen LogP contribution in [0.2, 0.25) is 0 Å². The first kappa shape index (κ1) is 24.4. The van der Waals surface area contributed by atoms with E-state index in [2.05, 4.69) is 15.1 Å². The number of aromatic amines is 1. The number of likely N-dealkylation sites (tertiary alicyclic amines) is 1. The van der Waals surface area contributed by atoms with Gasteiger partial charge in [0.25, 0.3) is 5.91 Å². The van der Waals surface area contributed by atoms with Gasteiger partial charge in [-0.05, 0) is 62.1 Å². The van der Waals surface area contributed by atoms with Crippen LogP contribution < -0.4 is 10.4 Å². The van der Waals surface area contributed by atoms with Gasteiger partial charge in [-0.25, -0.2) is 0 Å². The number of benzene rings is 2. The summed E-state index contributed by atoms with van der Waals surface area (Å²) in [5.41, 5.74) is 2.78. The predicted molar refractivity (Wildman–Crippen MR) is 148 cm³/mol. The van der Waals surface area contributed by atoms with Crippen LogP contribution in [0.3, 0.4) is 0 Å². The van der Waals surface area contributed by atoms with Crippen LogP contribution in [0, 0.1) is 0 Å². The van der Waals surface area contributed by atoms with Crippen LogP contribution in [0.15, 0.2) is 42.6 Å². The molecule has 5 heterocycles. The van der Waals surface area contributed by atoms with E-state index in [-0.39, 0.29) is 24.3 Å². The number of hydrogen-bond donors (Lipinski definition) is 1. The van der Waals surface area contributed by atoms with Crippen molar-refractivity contribution in [2.24, 2.45) is 0 Å². The molecule has 3 amide bonds. The van der Waals surface area contributed by atoms with Crippen LogP contribution in [0.4, 0.5) is 5.69 Å². The van der Waals surface area contributed by atoms with Crippen molar-refractivity contribution in [2.75, 3.05) is 50.7 Å². The molecule has 3 aromatic rings. The number of hydrogen-bond acceptors (Lipinski definition) is 5. The molecule has 10 heteroatoms. The normalized spacial score (nSPS) is 22.5. The number of anilines is 1. The molecule has 1 spiro atoms. The van der Waals surface area contributed by atoms with E-state index in [9.17, 15) is 14.4 Å². The van der Waals surface area contributed by atoms with Crippen LogP contribution in [0.25, 0.3) is 10.9 Å². The minimum absolute atomic E-state index is 0.0115. The fraction of sp³-hybridized carbons (Fsp3) is 0.448. The van der Waals surface area contributed by atoms with Crippen molar-refractivity contribution in [3.8, 4) is 0 Å². The summed E-state index contributed by atoms with van der Waals surface area (Å²) in [5.74, 6) is -0.143. The number of fused-ring (bicyclic) bond motifs is 4. The zero-order valence-electron chi connectivity index (χ0n) is 21.9. The van der Waals surface area contributed by atoms with Gasteiger partial charge in [-0.3, -0.25) is 24.4 Å². The number of H-pyrrole nitrogens is 1. The topological polar surface area (TPSA) is 92.8 Å². The SMILES string of the molecule is [B]c1cccc2c1C1(CCN(C(=O)c3ccc4[nH]ncc4c3)CC1)C(=O)N2CC(=O)N1CCN2CCCC2C1. The average molecular weight is 522 g/mol. The highest BCUT2D eigenvalue weighted by Crippen LogP contribution is 2.47. The van der Waals surface area contributed by atoms with Gasteiger partial charge in [0.2, 0.25) is 11.8 Å². The Balaban J connectivity index is 1.10. The molecule has 2 aromatic carbocycles. The second-order valence-electron chi connectivity index (χ2n) is 11.4. The summed E-state index contributed by atoms with van der Waals surface area (Å²) < 4.78 is 0. The third-order valence-electron chi connectivity index (χ3n) is 9.32. The van der Waals surface area contributed by atoms with Crippen molar-refractivity contribution >= 4 is 47.6 Å². The summed E-state index contributed by atoms with van der Waals surface area (Å²) in [6.45, 7) is 4.35. The van der Waals surface area contributed by atoms with Crippen LogP contribution >= 0.6 is 0 Å². The first-order valence-electron chi connectivity index (χ1n) is 13.9. The molecule has 0 saturated carbocycles. The van der Waals surface area contributed by atoms with Crippen molar-refractivity contribution in [2.45, 2.75) is 37.1 Å². The minimum Gasteiger partial charge on any atom is -0.339 e. The lowest BCUT2D eigenvalue weighted by atomic mass is 9.69. The third kappa shape index (κ3) is 3.87. The first-order chi connectivity index (χ1) is 18.9. The van der Waals surface area contributed by atoms with Gasteiger partial charge in [0.05, 0.1) is 17.1 Å². The molecule has 1 aromatic heterocycles. The minimum atomic E-state index is -0.823. The monoisotopic (exact) mass is 522 g/mol. The Labute approximate surface area is 228 Å². The quantitative estimate of drug-likeness (QED) is 0.522. The van der Waals surface area contributed by atoms with Gasteiger partial charge in [-0.1, -0.05) is 17.6 Å². The summed E-state index contributed by atoms with van der Waals surface area (Å²) in [6, 6.07) is 11.5. The zero-order chi connectivity index (χ0) is 26.7. The predicted octanol–water partition coefficient (Wildman–Crippen LogP) is 1.18. The molecule has 3 fully saturated rings. The van der Waals surface area contributed by atoms with E-state index in [1.54, 1.807) is 17.2 Å². The van der Waals surface area contributed by atoms with Crippen molar-refractivity contribution in [1.82, 2.24) is 24.9 Å². The Hall–Kier alpha value is -3.66. The fourth-order valence-electron chi connectivity index (χ4n) is 7.20. The highest BCUT2D eigenvalue weighted by molar-refractivity contribution is 6.35. The van der Waals surface area contributed by atoms with Crippen molar-refractivity contribution in [1.29, 1.82) is 0 Å². The van der Waals surface area contributed by atoms with Crippen LogP contribution in [-0.2, 0) is 15.0 Å². The largest absolute Gasteiger partial charge is 0.339 e. The molecule has 4 aliphatic rings. The highest BCUT2D eigenvalue weighted by atomic mass is 16.2. The number of carbonyl (C=O) groups excluding carboxylic acids is 3. The van der Waals surface area contributed by atoms with Crippen molar-refractivity contribution < 1.29 is 14.4 Å². The smallest absolute Gasteiger partial charge is 0.253 e. The Morgan fingerprint density at radius 1 is 1.05 bits per heavy atom. The molecule has 1 atom stereocenters. The average Bonchev–Trinajstić information content (AvgIpc) is 3.67. The Morgan fingerprint density at radius 3 is 2.74 bits per heavy atom. The van der Waals surface area contributed by atoms with Crippen LogP contribution in [0.5, 0.6) is 0 Å². The molecule has 7 rings (SSSR count). The standard InChI is InChI=1S/C29H31BN6O3/c30-22-4-1-5-24-26(22)29(28(39)36(24)18-25(37)35-14-13-33-10-2-3-21(33)17-35)8-11-34(12-9-29)27(38)19-6-7-23-20(15-19)16-31-32-23/h1,4-7,15-16,21H,2-3,8-14,17-18H2,(H,31,32). The molecule has 1 unspecified atom stereocenters. The maximum atomic E-state index is 14.1. The molecular weight excluding hydrogens is 491 g/mol. The number of amides is 3. The summed E-state index contributed by atoms with van der Waals surface area (Å²) in [7, 11) is 6.49. The van der Waals surface area contributed by atoms with E-state index in [0.717, 1.165) is 48.2 Å². The van der Waals surface area contributed by atoms with Gasteiger partial charge in [-0.2, -0.15) is 5.10 Å². The number of carbonyl (C=O) groups is 3. The lowest BCUT2D eigenvalue weighted by molar-refractivity contribution is -0.134. The third-order valence-corrected chi connectivity index (χ3v) is 9.32. The van der Waals surface area contributed by atoms with Gasteiger partial charge in [-0.15, -0.1) is 0 Å². The molecule has 4 aliphatic heterocycles. The lowest BCUT2D eigenvalue weighted by Gasteiger charge is -2.39. The maximum Gasteiger partial charge on any atom is 0.253 e. The second kappa shape index (κ2) is 9.22. The first-order valence-corrected chi connectivity index (χ1v) is 13.9. The van der Waals surface area contributed by atoms with Gasteiger partial charge >= 0.3 is 0 Å². The van der Waals surface area contributed by atoms with Crippen LogP contribution in [-0.4, -0.2) is 102 Å². The molecule has 39 heavy (non-hydrogen) atoms. The van der Waals surface area contributed by atoms with E-state index in [1.165, 1.54) is 6.42 Å². The summed E-state index contributed by atoms with van der Waals surface area (Å²) in [6.07, 6.45) is 4.96. The number of rotatable bonds is 3. The van der Waals surface area contributed by atoms with Gasteiger partial charge < -0.3 is 14.7 Å². The molecule has 198 valence electrons. The summed E-state index contributed by atoms with van der Waals surface area (Å²) in [4.78, 5) is 48.8. The summed E-state index contributed by atoms with van der Waals surface area (Å²) in [5, 5.41) is 7.83. The van der Waals surface area contributed by atoms with Crippen molar-refractivity contribution in [3.05, 3.63) is 53.7 Å².